The third kappa shape index (κ3) is 7.00. The van der Waals surface area contributed by atoms with E-state index in [4.69, 9.17) is 35.7 Å². The van der Waals surface area contributed by atoms with Gasteiger partial charge >= 0.3 is 11.9 Å². The second-order valence-electron chi connectivity index (χ2n) is 6.63. The minimum atomic E-state index is -1.19. The maximum absolute atomic E-state index is 12.3. The van der Waals surface area contributed by atoms with Crippen molar-refractivity contribution in [3.05, 3.63) is 59.1 Å². The number of methoxy groups -OCH3 is 1. The Kier molecular flexibility index (Phi) is 8.12. The van der Waals surface area contributed by atoms with E-state index in [0.29, 0.717) is 27.8 Å². The molecule has 0 saturated carbocycles. The van der Waals surface area contributed by atoms with Gasteiger partial charge in [-0.1, -0.05) is 17.7 Å². The Balaban J connectivity index is 1.86. The van der Waals surface area contributed by atoms with Crippen LogP contribution in [0.5, 0.6) is 17.2 Å². The van der Waals surface area contributed by atoms with Crippen molar-refractivity contribution in [2.45, 2.75) is 19.4 Å². The van der Waals surface area contributed by atoms with E-state index >= 15 is 0 Å². The zero-order valence-corrected chi connectivity index (χ0v) is 17.6. The van der Waals surface area contributed by atoms with Crippen molar-refractivity contribution < 1.29 is 33.6 Å². The SMILES string of the molecule is COc1cc(/C=C/C(=O)O)ccc1OCCOC(=O)C(C)(C)Oc1ccc(Cl)cc1. The van der Waals surface area contributed by atoms with Crippen molar-refractivity contribution in [3.63, 3.8) is 0 Å². The Bertz CT molecular complexity index is 904. The highest BCUT2D eigenvalue weighted by atomic mass is 35.5. The molecule has 1 N–H and O–H groups in total. The molecule has 2 aromatic carbocycles. The van der Waals surface area contributed by atoms with Crippen LogP contribution < -0.4 is 14.2 Å². The molecule has 2 aromatic rings. The molecule has 0 aromatic heterocycles. The predicted octanol–water partition coefficient (Wildman–Crippen LogP) is 4.23. The van der Waals surface area contributed by atoms with Crippen LogP contribution in [0.3, 0.4) is 0 Å². The highest BCUT2D eigenvalue weighted by molar-refractivity contribution is 6.30. The molecule has 2 rings (SSSR count). The van der Waals surface area contributed by atoms with Crippen LogP contribution in [0.1, 0.15) is 19.4 Å². The molecule has 7 nitrogen and oxygen atoms in total. The Morgan fingerprint density at radius 2 is 1.77 bits per heavy atom. The van der Waals surface area contributed by atoms with Gasteiger partial charge in [-0.2, -0.15) is 0 Å². The van der Waals surface area contributed by atoms with Crippen LogP contribution in [-0.4, -0.2) is 43.0 Å². The van der Waals surface area contributed by atoms with Crippen molar-refractivity contribution >= 4 is 29.6 Å². The minimum absolute atomic E-state index is 0.00998. The molecular weight excluding hydrogens is 412 g/mol. The van der Waals surface area contributed by atoms with Crippen LogP contribution in [0.2, 0.25) is 5.02 Å². The van der Waals surface area contributed by atoms with Gasteiger partial charge in [0.1, 0.15) is 19.0 Å². The first kappa shape index (κ1) is 23.1. The summed E-state index contributed by atoms with van der Waals surface area (Å²) in [6.07, 6.45) is 2.47. The number of carboxylic acids is 1. The molecule has 30 heavy (non-hydrogen) atoms. The third-order valence-corrected chi connectivity index (χ3v) is 4.11. The van der Waals surface area contributed by atoms with Crippen LogP contribution in [0.4, 0.5) is 0 Å². The quantitative estimate of drug-likeness (QED) is 0.340. The molecule has 0 aliphatic carbocycles. The number of ether oxygens (including phenoxy) is 4. The first-order chi connectivity index (χ1) is 14.2. The number of carbonyl (C=O) groups is 2. The molecule has 8 heteroatoms. The van der Waals surface area contributed by atoms with Gasteiger partial charge in [0.2, 0.25) is 0 Å². The fourth-order valence-corrected chi connectivity index (χ4v) is 2.50. The summed E-state index contributed by atoms with van der Waals surface area (Å²) >= 11 is 5.84. The largest absolute Gasteiger partial charge is 0.493 e. The van der Waals surface area contributed by atoms with Crippen LogP contribution >= 0.6 is 11.6 Å². The lowest BCUT2D eigenvalue weighted by Crippen LogP contribution is -2.40. The normalized spacial score (nSPS) is 11.2. The maximum Gasteiger partial charge on any atom is 0.350 e. The molecule has 0 heterocycles. The van der Waals surface area contributed by atoms with Gasteiger partial charge in [-0.3, -0.25) is 0 Å². The first-order valence-corrected chi connectivity index (χ1v) is 9.43. The molecule has 0 fully saturated rings. The average Bonchev–Trinajstić information content (AvgIpc) is 2.71. The third-order valence-electron chi connectivity index (χ3n) is 3.86. The summed E-state index contributed by atoms with van der Waals surface area (Å²) in [5.74, 6) is -0.210. The Morgan fingerprint density at radius 3 is 2.40 bits per heavy atom. The van der Waals surface area contributed by atoms with E-state index in [2.05, 4.69) is 0 Å². The topological polar surface area (TPSA) is 91.3 Å². The summed E-state index contributed by atoms with van der Waals surface area (Å²) in [7, 11) is 1.48. The smallest absolute Gasteiger partial charge is 0.350 e. The van der Waals surface area contributed by atoms with Crippen molar-refractivity contribution in [1.29, 1.82) is 0 Å². The van der Waals surface area contributed by atoms with Gasteiger partial charge in [-0.25, -0.2) is 9.59 Å². The van der Waals surface area contributed by atoms with Gasteiger partial charge < -0.3 is 24.1 Å². The van der Waals surface area contributed by atoms with Crippen LogP contribution in [0.25, 0.3) is 6.08 Å². The number of halogens is 1. The van der Waals surface area contributed by atoms with Crippen LogP contribution in [-0.2, 0) is 14.3 Å². The van der Waals surface area contributed by atoms with Gasteiger partial charge in [-0.15, -0.1) is 0 Å². The molecule has 0 saturated heterocycles. The minimum Gasteiger partial charge on any atom is -0.493 e. The number of esters is 1. The van der Waals surface area contributed by atoms with Gasteiger partial charge in [0.15, 0.2) is 17.1 Å². The Morgan fingerprint density at radius 1 is 1.07 bits per heavy atom. The number of carboxylic acid groups (broad SMARTS) is 1. The monoisotopic (exact) mass is 434 g/mol. The van der Waals surface area contributed by atoms with E-state index in [-0.39, 0.29) is 13.2 Å². The lowest BCUT2D eigenvalue weighted by Gasteiger charge is -2.24. The summed E-state index contributed by atoms with van der Waals surface area (Å²) in [5, 5.41) is 9.27. The van der Waals surface area contributed by atoms with Crippen molar-refractivity contribution in [1.82, 2.24) is 0 Å². The average molecular weight is 435 g/mol. The zero-order valence-electron chi connectivity index (χ0n) is 16.9. The number of rotatable bonds is 10. The van der Waals surface area contributed by atoms with Crippen LogP contribution in [0, 0.1) is 0 Å². The summed E-state index contributed by atoms with van der Waals surface area (Å²) in [4.78, 5) is 22.9. The van der Waals surface area contributed by atoms with Crippen molar-refractivity contribution in [2.24, 2.45) is 0 Å². The molecule has 0 atom stereocenters. The summed E-state index contributed by atoms with van der Waals surface area (Å²) in [5.41, 5.74) is -0.543. The maximum atomic E-state index is 12.3. The van der Waals surface area contributed by atoms with E-state index in [1.807, 2.05) is 0 Å². The number of hydrogen-bond donors (Lipinski definition) is 1. The lowest BCUT2D eigenvalue weighted by atomic mass is 10.1. The van der Waals surface area contributed by atoms with E-state index in [9.17, 15) is 9.59 Å². The molecule has 160 valence electrons. The fourth-order valence-electron chi connectivity index (χ4n) is 2.37. The number of hydrogen-bond acceptors (Lipinski definition) is 6. The summed E-state index contributed by atoms with van der Waals surface area (Å²) < 4.78 is 21.8. The number of benzene rings is 2. The predicted molar refractivity (Wildman–Crippen MR) is 112 cm³/mol. The lowest BCUT2D eigenvalue weighted by molar-refractivity contribution is -0.160. The molecular formula is C22H23ClO7. The van der Waals surface area contributed by atoms with Gasteiger partial charge in [0.05, 0.1) is 7.11 Å². The number of carbonyl (C=O) groups excluding carboxylic acids is 1. The van der Waals surface area contributed by atoms with Crippen molar-refractivity contribution in [2.75, 3.05) is 20.3 Å². The molecule has 0 unspecified atom stereocenters. The van der Waals surface area contributed by atoms with E-state index in [0.717, 1.165) is 6.08 Å². The van der Waals surface area contributed by atoms with E-state index < -0.39 is 17.5 Å². The van der Waals surface area contributed by atoms with Crippen molar-refractivity contribution in [3.8, 4) is 17.2 Å². The van der Waals surface area contributed by atoms with E-state index in [1.54, 1.807) is 56.3 Å². The molecule has 0 aliphatic rings. The first-order valence-electron chi connectivity index (χ1n) is 9.05. The Labute approximate surface area is 179 Å². The molecule has 0 bridgehead atoms. The zero-order chi connectivity index (χ0) is 22.1. The highest BCUT2D eigenvalue weighted by Crippen LogP contribution is 2.28. The summed E-state index contributed by atoms with van der Waals surface area (Å²) in [6, 6.07) is 11.7. The van der Waals surface area contributed by atoms with Gasteiger partial charge in [0, 0.05) is 11.1 Å². The molecule has 0 amide bonds. The summed E-state index contributed by atoms with van der Waals surface area (Å²) in [6.45, 7) is 3.33. The molecule has 0 spiro atoms. The second-order valence-corrected chi connectivity index (χ2v) is 7.07. The molecule has 0 radical (unpaired) electrons. The highest BCUT2D eigenvalue weighted by Gasteiger charge is 2.31. The fraction of sp³-hybridized carbons (Fsp3) is 0.273. The second kappa shape index (κ2) is 10.5. The molecule has 0 aliphatic heterocycles. The van der Waals surface area contributed by atoms with Gasteiger partial charge in [-0.05, 0) is 61.9 Å². The standard InChI is InChI=1S/C22H23ClO7/c1-22(2,30-17-8-6-16(23)7-9-17)21(26)29-13-12-28-18-10-4-15(5-11-20(24)25)14-19(18)27-3/h4-11,14H,12-13H2,1-3H3,(H,24,25)/b11-5+. The Hall–Kier alpha value is -3.19. The van der Waals surface area contributed by atoms with Gasteiger partial charge in [0.25, 0.3) is 0 Å². The number of aliphatic carboxylic acids is 1. The van der Waals surface area contributed by atoms with Crippen LogP contribution in [0.15, 0.2) is 48.5 Å². The van der Waals surface area contributed by atoms with E-state index in [1.165, 1.54) is 13.2 Å².